The minimum Gasteiger partial charge on any atom is -0.456 e. The first kappa shape index (κ1) is 34.9. The number of esters is 1. The maximum absolute atomic E-state index is 15.7. The summed E-state index contributed by atoms with van der Waals surface area (Å²) in [5.74, 6) is -1.87. The highest BCUT2D eigenvalue weighted by Gasteiger charge is 2.60. The molecule has 2 heterocycles. The summed E-state index contributed by atoms with van der Waals surface area (Å²) in [6, 6.07) is 1.14. The molecule has 2 unspecified atom stereocenters. The molecule has 1 aromatic rings. The number of nitrogens with zero attached hydrogens (tertiary/aromatic N) is 2. The summed E-state index contributed by atoms with van der Waals surface area (Å²) >= 11 is 6.01. The van der Waals surface area contributed by atoms with Gasteiger partial charge in [0.25, 0.3) is 0 Å². The Balaban J connectivity index is 2.31. The molecule has 0 aromatic carbocycles. The van der Waals surface area contributed by atoms with Crippen LogP contribution >= 0.6 is 35.1 Å². The number of nitrogens with two attached hydrogens (primary N) is 1. The number of ether oxygens (including phenoxy) is 2. The lowest BCUT2D eigenvalue weighted by Crippen LogP contribution is -2.50. The van der Waals surface area contributed by atoms with Crippen LogP contribution < -0.4 is 11.4 Å². The number of anilines is 1. The highest BCUT2D eigenvalue weighted by molar-refractivity contribution is 7.66. The Morgan fingerprint density at radius 3 is 2.40 bits per heavy atom. The quantitative estimate of drug-likeness (QED) is 0.0738. The molecule has 40 heavy (non-hydrogen) atoms. The molecule has 1 aliphatic rings. The van der Waals surface area contributed by atoms with Crippen molar-refractivity contribution in [2.75, 3.05) is 18.2 Å². The molecule has 1 aromatic heterocycles. The molecule has 0 aliphatic carbocycles. The van der Waals surface area contributed by atoms with Crippen LogP contribution in [0.15, 0.2) is 17.1 Å². The van der Waals surface area contributed by atoms with E-state index < -0.39 is 71.7 Å². The molecule has 1 fully saturated rings. The van der Waals surface area contributed by atoms with E-state index in [0.717, 1.165) is 31.5 Å². The summed E-state index contributed by atoms with van der Waals surface area (Å²) in [4.78, 5) is 64.9. The summed E-state index contributed by atoms with van der Waals surface area (Å²) in [7, 11) is -17.2. The van der Waals surface area contributed by atoms with Gasteiger partial charge in [-0.1, -0.05) is 32.6 Å². The first-order valence-corrected chi connectivity index (χ1v) is 16.7. The van der Waals surface area contributed by atoms with Gasteiger partial charge in [-0.25, -0.2) is 22.9 Å². The van der Waals surface area contributed by atoms with Gasteiger partial charge in [0.05, 0.1) is 12.5 Å². The molecule has 0 amide bonds. The SMILES string of the molecule is CCCCCCCC(=O)O[C@H]1[C@@H](F)[C@H](n2ccc(N)nc2=O)O[C@]1(CCl)COP(=O)(O)OP(=O)(O)OP(=O)(O)O. The Kier molecular flexibility index (Phi) is 12.5. The van der Waals surface area contributed by atoms with Gasteiger partial charge in [-0.05, 0) is 12.5 Å². The lowest BCUT2D eigenvalue weighted by Gasteiger charge is -2.32. The molecular formula is C18H30ClFN3O14P3. The molecule has 0 radical (unpaired) electrons. The van der Waals surface area contributed by atoms with Gasteiger partial charge in [0.1, 0.15) is 11.4 Å². The van der Waals surface area contributed by atoms with Crippen LogP contribution in [0.2, 0.25) is 0 Å². The number of halogens is 2. The Bertz CT molecular complexity index is 1230. The lowest BCUT2D eigenvalue weighted by molar-refractivity contribution is -0.164. The van der Waals surface area contributed by atoms with Gasteiger partial charge in [-0.2, -0.15) is 13.6 Å². The monoisotopic (exact) mass is 659 g/mol. The number of alkyl halides is 2. The van der Waals surface area contributed by atoms with Crippen molar-refractivity contribution in [2.45, 2.75) is 69.6 Å². The number of phosphoric ester groups is 1. The van der Waals surface area contributed by atoms with Crippen LogP contribution in [0.25, 0.3) is 0 Å². The second-order valence-electron chi connectivity index (χ2n) is 8.63. The average molecular weight is 660 g/mol. The van der Waals surface area contributed by atoms with Gasteiger partial charge in [-0.3, -0.25) is 13.9 Å². The van der Waals surface area contributed by atoms with E-state index in [1.54, 1.807) is 0 Å². The van der Waals surface area contributed by atoms with Crippen molar-refractivity contribution in [3.05, 3.63) is 22.7 Å². The van der Waals surface area contributed by atoms with E-state index in [2.05, 4.69) is 18.1 Å². The number of rotatable bonds is 16. The largest absolute Gasteiger partial charge is 0.490 e. The first-order valence-electron chi connectivity index (χ1n) is 11.6. The van der Waals surface area contributed by atoms with E-state index >= 15 is 4.39 Å². The predicted molar refractivity (Wildman–Crippen MR) is 134 cm³/mol. The smallest absolute Gasteiger partial charge is 0.456 e. The van der Waals surface area contributed by atoms with Crippen LogP contribution in [0.1, 0.15) is 51.7 Å². The molecule has 22 heteroatoms. The van der Waals surface area contributed by atoms with Crippen molar-refractivity contribution < 1.29 is 65.1 Å². The number of unbranched alkanes of at least 4 members (excludes halogenated alkanes) is 4. The third-order valence-corrected chi connectivity index (χ3v) is 9.65. The van der Waals surface area contributed by atoms with Crippen molar-refractivity contribution in [1.29, 1.82) is 0 Å². The van der Waals surface area contributed by atoms with E-state index in [1.807, 2.05) is 6.92 Å². The van der Waals surface area contributed by atoms with Gasteiger partial charge < -0.3 is 34.8 Å². The third kappa shape index (κ3) is 10.2. The number of carbonyl (C=O) groups excluding carboxylic acids is 1. The fourth-order valence-corrected chi connectivity index (χ4v) is 7.01. The van der Waals surface area contributed by atoms with Crippen molar-refractivity contribution in [3.63, 3.8) is 0 Å². The predicted octanol–water partition coefficient (Wildman–Crippen LogP) is 2.29. The Morgan fingerprint density at radius 2 is 1.82 bits per heavy atom. The topological polar surface area (TPSA) is 256 Å². The minimum absolute atomic E-state index is 0.130. The molecule has 2 rings (SSSR count). The van der Waals surface area contributed by atoms with E-state index in [-0.39, 0.29) is 12.2 Å². The van der Waals surface area contributed by atoms with Gasteiger partial charge in [0.15, 0.2) is 18.5 Å². The summed E-state index contributed by atoms with van der Waals surface area (Å²) in [5.41, 5.74) is 2.09. The number of nitrogen functional groups attached to an aromatic ring is 1. The molecule has 6 N–H and O–H groups in total. The highest BCUT2D eigenvalue weighted by Crippen LogP contribution is 2.66. The number of phosphoric acid groups is 3. The van der Waals surface area contributed by atoms with Crippen LogP contribution in [-0.2, 0) is 41.1 Å². The van der Waals surface area contributed by atoms with Gasteiger partial charge in [-0.15, -0.1) is 11.6 Å². The zero-order chi connectivity index (χ0) is 30.4. The maximum Gasteiger partial charge on any atom is 0.490 e. The zero-order valence-corrected chi connectivity index (χ0v) is 24.4. The fraction of sp³-hybridized carbons (Fsp3) is 0.722. The summed E-state index contributed by atoms with van der Waals surface area (Å²) in [5, 5.41) is 0. The normalized spacial score (nSPS) is 26.2. The standard InChI is InChI=1S/C18H30ClFN3O14P3/c1-2-3-4-5-6-7-13(24)34-15-14(20)16(23-9-8-12(21)22-17(23)25)35-18(15,10-19)11-33-39(29,30)37-40(31,32)36-38(26,27)28/h8-9,14-16H,2-7,10-11H2,1H3,(H,29,30)(H,31,32)(H2,21,22,25)(H2,26,27,28)/t14-,15+,16-,18-/m1/s1. The zero-order valence-electron chi connectivity index (χ0n) is 21.0. The van der Waals surface area contributed by atoms with Crippen molar-refractivity contribution in [2.24, 2.45) is 0 Å². The summed E-state index contributed by atoms with van der Waals surface area (Å²) < 4.78 is 73.9. The van der Waals surface area contributed by atoms with Crippen molar-refractivity contribution in [3.8, 4) is 0 Å². The van der Waals surface area contributed by atoms with Crippen molar-refractivity contribution >= 4 is 46.9 Å². The summed E-state index contributed by atoms with van der Waals surface area (Å²) in [6.07, 6.45) is -1.38. The molecule has 6 atom stereocenters. The number of hydrogen-bond acceptors (Lipinski definition) is 12. The molecule has 230 valence electrons. The van der Waals surface area contributed by atoms with Gasteiger partial charge >= 0.3 is 35.1 Å². The Labute approximate surface area is 232 Å². The van der Waals surface area contributed by atoms with E-state index in [0.29, 0.717) is 17.4 Å². The van der Waals surface area contributed by atoms with Crippen LogP contribution in [0, 0.1) is 0 Å². The fourth-order valence-electron chi connectivity index (χ4n) is 3.64. The van der Waals surface area contributed by atoms with Crippen LogP contribution in [0.5, 0.6) is 0 Å². The molecule has 0 saturated carbocycles. The number of aromatic nitrogens is 2. The second-order valence-corrected chi connectivity index (χ2v) is 13.3. The van der Waals surface area contributed by atoms with E-state index in [9.17, 15) is 33.1 Å². The second kappa shape index (κ2) is 14.3. The average Bonchev–Trinajstić information content (AvgIpc) is 3.07. The van der Waals surface area contributed by atoms with Gasteiger partial charge in [0, 0.05) is 12.6 Å². The van der Waals surface area contributed by atoms with Crippen LogP contribution in [0.4, 0.5) is 10.2 Å². The Hall–Kier alpha value is -1.26. The minimum atomic E-state index is -5.87. The third-order valence-electron chi connectivity index (χ3n) is 5.42. The molecule has 1 saturated heterocycles. The first-order chi connectivity index (χ1) is 18.4. The summed E-state index contributed by atoms with van der Waals surface area (Å²) in [6.45, 7) is 0.755. The van der Waals surface area contributed by atoms with Crippen LogP contribution in [-0.4, -0.2) is 65.5 Å². The Morgan fingerprint density at radius 1 is 1.18 bits per heavy atom. The molecular weight excluding hydrogens is 630 g/mol. The number of carbonyl (C=O) groups is 1. The van der Waals surface area contributed by atoms with Crippen molar-refractivity contribution in [1.82, 2.24) is 9.55 Å². The highest BCUT2D eigenvalue weighted by atomic mass is 35.5. The molecule has 0 spiro atoms. The lowest BCUT2D eigenvalue weighted by atomic mass is 9.98. The van der Waals surface area contributed by atoms with Gasteiger partial charge in [0.2, 0.25) is 0 Å². The number of hydrogen-bond donors (Lipinski definition) is 5. The molecule has 1 aliphatic heterocycles. The molecule has 0 bridgehead atoms. The maximum atomic E-state index is 15.7. The van der Waals surface area contributed by atoms with E-state index in [4.69, 9.17) is 36.6 Å². The van der Waals surface area contributed by atoms with E-state index in [1.165, 1.54) is 0 Å². The molecule has 17 nitrogen and oxygen atoms in total. The van der Waals surface area contributed by atoms with Crippen LogP contribution in [0.3, 0.4) is 0 Å².